The van der Waals surface area contributed by atoms with E-state index in [1.54, 1.807) is 0 Å². The summed E-state index contributed by atoms with van der Waals surface area (Å²) in [5.74, 6) is 0.481. The molecule has 5 heteroatoms. The van der Waals surface area contributed by atoms with Crippen molar-refractivity contribution in [2.75, 3.05) is 5.73 Å². The summed E-state index contributed by atoms with van der Waals surface area (Å²) >= 11 is 1.51. The number of nitrogen functional groups attached to an aromatic ring is 1. The Morgan fingerprint density at radius 1 is 1.10 bits per heavy atom. The van der Waals surface area contributed by atoms with Crippen molar-refractivity contribution in [1.82, 2.24) is 9.97 Å². The first-order valence-corrected chi connectivity index (χ1v) is 7.32. The highest BCUT2D eigenvalue weighted by atomic mass is 32.2. The van der Waals surface area contributed by atoms with Crippen LogP contribution in [0.15, 0.2) is 34.3 Å². The SMILES string of the molecule is Cc1cc(C)nc(Sc2ccc(N)c(OC(C)C)n2)c1. The molecule has 2 aromatic rings. The third-order valence-electron chi connectivity index (χ3n) is 2.49. The minimum Gasteiger partial charge on any atom is -0.473 e. The third-order valence-corrected chi connectivity index (χ3v) is 3.35. The number of aryl methyl sites for hydroxylation is 2. The van der Waals surface area contributed by atoms with Crippen molar-refractivity contribution in [2.24, 2.45) is 0 Å². The molecule has 106 valence electrons. The number of rotatable bonds is 4. The fourth-order valence-electron chi connectivity index (χ4n) is 1.77. The normalized spacial score (nSPS) is 10.8. The van der Waals surface area contributed by atoms with Crippen LogP contribution in [0.1, 0.15) is 25.1 Å². The van der Waals surface area contributed by atoms with Gasteiger partial charge in [0.15, 0.2) is 0 Å². The molecule has 0 aliphatic carbocycles. The van der Waals surface area contributed by atoms with Gasteiger partial charge in [0.2, 0.25) is 5.88 Å². The minimum atomic E-state index is 0.0457. The average Bonchev–Trinajstić information content (AvgIpc) is 2.31. The molecule has 0 atom stereocenters. The highest BCUT2D eigenvalue weighted by Gasteiger charge is 2.08. The number of hydrogen-bond donors (Lipinski definition) is 1. The summed E-state index contributed by atoms with van der Waals surface area (Å²) in [4.78, 5) is 8.94. The van der Waals surface area contributed by atoms with Crippen LogP contribution in [0.3, 0.4) is 0 Å². The Balaban J connectivity index is 2.25. The van der Waals surface area contributed by atoms with Crippen molar-refractivity contribution >= 4 is 17.4 Å². The van der Waals surface area contributed by atoms with Gasteiger partial charge in [-0.2, -0.15) is 0 Å². The van der Waals surface area contributed by atoms with Gasteiger partial charge in [-0.25, -0.2) is 9.97 Å². The van der Waals surface area contributed by atoms with Gasteiger partial charge in [-0.1, -0.05) is 0 Å². The molecular weight excluding hydrogens is 270 g/mol. The second-order valence-corrected chi connectivity index (χ2v) is 5.98. The van der Waals surface area contributed by atoms with Crippen LogP contribution in [0.4, 0.5) is 5.69 Å². The first-order valence-electron chi connectivity index (χ1n) is 6.50. The van der Waals surface area contributed by atoms with E-state index in [1.807, 2.05) is 45.0 Å². The molecule has 0 aliphatic rings. The maximum Gasteiger partial charge on any atom is 0.238 e. The molecule has 2 heterocycles. The van der Waals surface area contributed by atoms with Gasteiger partial charge in [0.1, 0.15) is 10.1 Å². The van der Waals surface area contributed by atoms with E-state index < -0.39 is 0 Å². The van der Waals surface area contributed by atoms with Crippen LogP contribution in [0.2, 0.25) is 0 Å². The van der Waals surface area contributed by atoms with Crippen LogP contribution in [-0.2, 0) is 0 Å². The number of hydrogen-bond acceptors (Lipinski definition) is 5. The van der Waals surface area contributed by atoms with Crippen LogP contribution >= 0.6 is 11.8 Å². The number of pyridine rings is 2. The lowest BCUT2D eigenvalue weighted by molar-refractivity contribution is 0.232. The zero-order chi connectivity index (χ0) is 14.7. The van der Waals surface area contributed by atoms with Crippen LogP contribution < -0.4 is 10.5 Å². The molecular formula is C15H19N3OS. The lowest BCUT2D eigenvalue weighted by Crippen LogP contribution is -2.09. The molecule has 2 N–H and O–H groups in total. The summed E-state index contributed by atoms with van der Waals surface area (Å²) in [7, 11) is 0. The molecule has 0 fully saturated rings. The fourth-order valence-corrected chi connectivity index (χ4v) is 2.69. The molecule has 0 aromatic carbocycles. The summed E-state index contributed by atoms with van der Waals surface area (Å²) in [6, 6.07) is 7.79. The van der Waals surface area contributed by atoms with Crippen molar-refractivity contribution in [3.05, 3.63) is 35.5 Å². The van der Waals surface area contributed by atoms with Gasteiger partial charge in [-0.15, -0.1) is 0 Å². The Kier molecular flexibility index (Phi) is 4.49. The molecule has 4 nitrogen and oxygen atoms in total. The summed E-state index contributed by atoms with van der Waals surface area (Å²) in [5, 5.41) is 1.75. The zero-order valence-electron chi connectivity index (χ0n) is 12.2. The Labute approximate surface area is 123 Å². The molecule has 0 aliphatic heterocycles. The van der Waals surface area contributed by atoms with Gasteiger partial charge in [0.25, 0.3) is 0 Å². The molecule has 0 amide bonds. The van der Waals surface area contributed by atoms with Gasteiger partial charge in [-0.05, 0) is 69.3 Å². The van der Waals surface area contributed by atoms with Crippen molar-refractivity contribution in [2.45, 2.75) is 43.9 Å². The van der Waals surface area contributed by atoms with Crippen LogP contribution in [0.5, 0.6) is 5.88 Å². The number of aromatic nitrogens is 2. The number of nitrogens with two attached hydrogens (primary N) is 1. The molecule has 0 radical (unpaired) electrons. The highest BCUT2D eigenvalue weighted by molar-refractivity contribution is 7.99. The topological polar surface area (TPSA) is 61.0 Å². The number of nitrogens with zero attached hydrogens (tertiary/aromatic N) is 2. The van der Waals surface area contributed by atoms with E-state index >= 15 is 0 Å². The molecule has 20 heavy (non-hydrogen) atoms. The summed E-state index contributed by atoms with van der Waals surface area (Å²) in [5.41, 5.74) is 8.61. The van der Waals surface area contributed by atoms with Gasteiger partial charge in [0.05, 0.1) is 11.8 Å². The van der Waals surface area contributed by atoms with E-state index in [0.29, 0.717) is 11.6 Å². The third kappa shape index (κ3) is 3.87. The van der Waals surface area contributed by atoms with Gasteiger partial charge in [-0.3, -0.25) is 0 Å². The van der Waals surface area contributed by atoms with E-state index in [-0.39, 0.29) is 6.10 Å². The molecule has 2 rings (SSSR count). The minimum absolute atomic E-state index is 0.0457. The predicted octanol–water partition coefficient (Wildman–Crippen LogP) is 3.61. The number of anilines is 1. The van der Waals surface area contributed by atoms with Gasteiger partial charge < -0.3 is 10.5 Å². The lowest BCUT2D eigenvalue weighted by Gasteiger charge is -2.12. The quantitative estimate of drug-likeness (QED) is 0.931. The Hall–Kier alpha value is -1.75. The summed E-state index contributed by atoms with van der Waals surface area (Å²) < 4.78 is 5.60. The Morgan fingerprint density at radius 3 is 2.50 bits per heavy atom. The second-order valence-electron chi connectivity index (χ2n) is 4.94. The van der Waals surface area contributed by atoms with Crippen molar-refractivity contribution in [1.29, 1.82) is 0 Å². The van der Waals surface area contributed by atoms with E-state index in [1.165, 1.54) is 17.3 Å². The standard InChI is InChI=1S/C15H19N3OS/c1-9(2)19-15-12(16)5-6-13(18-15)20-14-8-10(3)7-11(4)17-14/h5-9H,16H2,1-4H3. The van der Waals surface area contributed by atoms with Crippen molar-refractivity contribution in [3.8, 4) is 5.88 Å². The molecule has 0 unspecified atom stereocenters. The van der Waals surface area contributed by atoms with E-state index in [4.69, 9.17) is 10.5 Å². The molecule has 0 saturated heterocycles. The van der Waals surface area contributed by atoms with Crippen molar-refractivity contribution in [3.63, 3.8) is 0 Å². The molecule has 0 saturated carbocycles. The highest BCUT2D eigenvalue weighted by Crippen LogP contribution is 2.29. The van der Waals surface area contributed by atoms with Gasteiger partial charge >= 0.3 is 0 Å². The molecule has 0 bridgehead atoms. The molecule has 0 spiro atoms. The van der Waals surface area contributed by atoms with Crippen LogP contribution in [0, 0.1) is 13.8 Å². The monoisotopic (exact) mass is 289 g/mol. The Morgan fingerprint density at radius 2 is 1.85 bits per heavy atom. The largest absolute Gasteiger partial charge is 0.473 e. The Bertz CT molecular complexity index is 594. The summed E-state index contributed by atoms with van der Waals surface area (Å²) in [6.45, 7) is 7.95. The van der Waals surface area contributed by atoms with E-state index in [2.05, 4.69) is 16.9 Å². The van der Waals surface area contributed by atoms with Crippen molar-refractivity contribution < 1.29 is 4.74 Å². The molecule has 2 aromatic heterocycles. The summed E-state index contributed by atoms with van der Waals surface area (Å²) in [6.07, 6.45) is 0.0457. The first kappa shape index (κ1) is 14.7. The predicted molar refractivity (Wildman–Crippen MR) is 82.2 cm³/mol. The average molecular weight is 289 g/mol. The number of ether oxygens (including phenoxy) is 1. The smallest absolute Gasteiger partial charge is 0.238 e. The fraction of sp³-hybridized carbons (Fsp3) is 0.333. The van der Waals surface area contributed by atoms with E-state index in [9.17, 15) is 0 Å². The van der Waals surface area contributed by atoms with Crippen LogP contribution in [-0.4, -0.2) is 16.1 Å². The maximum absolute atomic E-state index is 5.87. The maximum atomic E-state index is 5.87. The second kappa shape index (κ2) is 6.13. The van der Waals surface area contributed by atoms with Gasteiger partial charge in [0, 0.05) is 5.69 Å². The lowest BCUT2D eigenvalue weighted by atomic mass is 10.3. The van der Waals surface area contributed by atoms with E-state index in [0.717, 1.165) is 15.7 Å². The first-order chi connectivity index (χ1) is 9.44. The van der Waals surface area contributed by atoms with Crippen LogP contribution in [0.25, 0.3) is 0 Å². The zero-order valence-corrected chi connectivity index (χ0v) is 13.0.